The zero-order valence-corrected chi connectivity index (χ0v) is 14.3. The summed E-state index contributed by atoms with van der Waals surface area (Å²) < 4.78 is 5.78. The highest BCUT2D eigenvalue weighted by Gasteiger charge is 2.49. The Morgan fingerprint density at radius 2 is 1.96 bits per heavy atom. The van der Waals surface area contributed by atoms with E-state index in [0.29, 0.717) is 11.3 Å². The van der Waals surface area contributed by atoms with Crippen LogP contribution in [0.1, 0.15) is 51.8 Å². The first-order valence-corrected chi connectivity index (χ1v) is 7.86. The number of allylic oxidation sites excluding steroid dienone is 1. The summed E-state index contributed by atoms with van der Waals surface area (Å²) in [5.74, 6) is -0.337. The molecule has 3 rings (SSSR count). The number of carbonyl (C=O) groups is 1. The quantitative estimate of drug-likeness (QED) is 0.734. The number of hydrogen-bond donors (Lipinski definition) is 0. The van der Waals surface area contributed by atoms with Gasteiger partial charge in [-0.2, -0.15) is 10.2 Å². The fourth-order valence-electron chi connectivity index (χ4n) is 2.99. The molecule has 0 amide bonds. The van der Waals surface area contributed by atoms with E-state index >= 15 is 0 Å². The maximum Gasteiger partial charge on any atom is 0.339 e. The van der Waals surface area contributed by atoms with Gasteiger partial charge in [-0.25, -0.2) is 4.79 Å². The summed E-state index contributed by atoms with van der Waals surface area (Å²) in [6.45, 7) is 9.94. The molecule has 2 aliphatic rings. The van der Waals surface area contributed by atoms with E-state index in [1.165, 1.54) is 0 Å². The molecule has 120 valence electrons. The van der Waals surface area contributed by atoms with Crippen molar-refractivity contribution in [3.63, 3.8) is 0 Å². The van der Waals surface area contributed by atoms with E-state index in [9.17, 15) is 4.79 Å². The lowest BCUT2D eigenvalue weighted by Gasteiger charge is -2.36. The Labute approximate surface area is 137 Å². The van der Waals surface area contributed by atoms with Crippen LogP contribution in [0, 0.1) is 5.41 Å². The normalized spacial score (nSPS) is 25.9. The van der Waals surface area contributed by atoms with E-state index < -0.39 is 5.54 Å². The van der Waals surface area contributed by atoms with Gasteiger partial charge in [-0.1, -0.05) is 51.1 Å². The van der Waals surface area contributed by atoms with Gasteiger partial charge in [0.2, 0.25) is 0 Å². The van der Waals surface area contributed by atoms with Crippen molar-refractivity contribution in [3.8, 4) is 0 Å². The van der Waals surface area contributed by atoms with E-state index in [2.05, 4.69) is 31.0 Å². The first-order chi connectivity index (χ1) is 10.7. The average Bonchev–Trinajstić information content (AvgIpc) is 3.01. The number of nitrogens with zero attached hydrogens (tertiary/aromatic N) is 2. The smallest absolute Gasteiger partial charge is 0.339 e. The van der Waals surface area contributed by atoms with Gasteiger partial charge in [0.15, 0.2) is 0 Å². The van der Waals surface area contributed by atoms with Crippen molar-refractivity contribution in [2.75, 3.05) is 0 Å². The van der Waals surface area contributed by atoms with Crippen molar-refractivity contribution in [2.24, 2.45) is 15.6 Å². The van der Waals surface area contributed by atoms with Crippen LogP contribution in [-0.2, 0) is 9.53 Å². The molecule has 1 aromatic rings. The van der Waals surface area contributed by atoms with Gasteiger partial charge in [0.1, 0.15) is 11.6 Å². The Hall–Kier alpha value is -2.23. The third kappa shape index (κ3) is 2.42. The fourth-order valence-corrected chi connectivity index (χ4v) is 2.99. The number of benzene rings is 1. The maximum atomic E-state index is 12.8. The minimum absolute atomic E-state index is 0.230. The Bertz CT molecular complexity index is 753. The number of ether oxygens (including phenoxy) is 1. The number of rotatable bonds is 2. The van der Waals surface area contributed by atoms with Gasteiger partial charge in [-0.15, -0.1) is 0 Å². The van der Waals surface area contributed by atoms with Gasteiger partial charge in [0.25, 0.3) is 0 Å². The van der Waals surface area contributed by atoms with Crippen molar-refractivity contribution >= 4 is 12.0 Å². The number of hydrogen-bond acceptors (Lipinski definition) is 4. The minimum Gasteiger partial charge on any atom is -0.450 e. The molecule has 2 unspecified atom stereocenters. The Morgan fingerprint density at radius 1 is 1.26 bits per heavy atom. The molecule has 0 fully saturated rings. The van der Waals surface area contributed by atoms with Crippen molar-refractivity contribution in [2.45, 2.75) is 46.3 Å². The van der Waals surface area contributed by atoms with Gasteiger partial charge in [0, 0.05) is 5.56 Å². The molecule has 0 radical (unpaired) electrons. The van der Waals surface area contributed by atoms with Crippen molar-refractivity contribution in [3.05, 3.63) is 52.7 Å². The van der Waals surface area contributed by atoms with Gasteiger partial charge in [0.05, 0.1) is 11.3 Å². The third-order valence-corrected chi connectivity index (χ3v) is 4.90. The van der Waals surface area contributed by atoms with Crippen LogP contribution in [0.3, 0.4) is 0 Å². The second kappa shape index (κ2) is 5.15. The second-order valence-electron chi connectivity index (χ2n) is 7.30. The van der Waals surface area contributed by atoms with Gasteiger partial charge in [-0.05, 0) is 30.9 Å². The number of carbonyl (C=O) groups excluding carboxylic acids is 1. The van der Waals surface area contributed by atoms with Crippen LogP contribution in [0.25, 0.3) is 6.08 Å². The topological polar surface area (TPSA) is 51.0 Å². The molecule has 1 aliphatic heterocycles. The van der Waals surface area contributed by atoms with Crippen LogP contribution in [0.5, 0.6) is 0 Å². The summed E-state index contributed by atoms with van der Waals surface area (Å²) in [6, 6.07) is 7.94. The molecule has 0 bridgehead atoms. The molecule has 4 nitrogen and oxygen atoms in total. The molecule has 1 aliphatic carbocycles. The Morgan fingerprint density at radius 3 is 2.65 bits per heavy atom. The van der Waals surface area contributed by atoms with Gasteiger partial charge < -0.3 is 4.74 Å². The molecule has 0 saturated heterocycles. The first-order valence-electron chi connectivity index (χ1n) is 7.86. The van der Waals surface area contributed by atoms with Crippen LogP contribution in [0.15, 0.2) is 51.8 Å². The number of azo groups is 1. The Balaban J connectivity index is 1.88. The zero-order valence-electron chi connectivity index (χ0n) is 14.3. The van der Waals surface area contributed by atoms with Crippen LogP contribution in [0.4, 0.5) is 0 Å². The van der Waals surface area contributed by atoms with Crippen LogP contribution in [0.2, 0.25) is 0 Å². The molecule has 0 aromatic heterocycles. The van der Waals surface area contributed by atoms with Gasteiger partial charge >= 0.3 is 5.97 Å². The van der Waals surface area contributed by atoms with E-state index in [0.717, 1.165) is 11.1 Å². The maximum absolute atomic E-state index is 12.8. The summed E-state index contributed by atoms with van der Waals surface area (Å²) in [4.78, 5) is 12.8. The molecule has 0 N–H and O–H groups in total. The third-order valence-electron chi connectivity index (χ3n) is 4.90. The molecule has 0 spiro atoms. The summed E-state index contributed by atoms with van der Waals surface area (Å²) in [7, 11) is 0. The predicted octanol–water partition coefficient (Wildman–Crippen LogP) is 4.84. The molecular weight excluding hydrogens is 288 g/mol. The molecular formula is C19H22N2O2. The first kappa shape index (κ1) is 15.7. The van der Waals surface area contributed by atoms with Gasteiger partial charge in [-0.3, -0.25) is 0 Å². The lowest BCUT2D eigenvalue weighted by atomic mass is 9.71. The fraction of sp³-hybridized carbons (Fsp3) is 0.421. The van der Waals surface area contributed by atoms with Crippen LogP contribution in [-0.4, -0.2) is 11.5 Å². The largest absolute Gasteiger partial charge is 0.450 e. The van der Waals surface area contributed by atoms with E-state index in [-0.39, 0.29) is 17.5 Å². The lowest BCUT2D eigenvalue weighted by molar-refractivity contribution is -0.143. The highest BCUT2D eigenvalue weighted by Crippen LogP contribution is 2.46. The number of fused-ring (bicyclic) bond motifs is 1. The second-order valence-corrected chi connectivity index (χ2v) is 7.30. The molecule has 1 aromatic carbocycles. The highest BCUT2D eigenvalue weighted by molar-refractivity contribution is 5.93. The highest BCUT2D eigenvalue weighted by atomic mass is 16.5. The standard InChI is InChI=1S/C19H22N2O2/c1-12-16(19(5,21-20-12)18(2,3)4)17(22)23-15-11-10-13-8-6-7-9-14(13)15/h6-11,15H,1-5H3. The minimum atomic E-state index is -0.671. The zero-order chi connectivity index (χ0) is 16.8. The monoisotopic (exact) mass is 310 g/mol. The average molecular weight is 310 g/mol. The van der Waals surface area contributed by atoms with Crippen molar-refractivity contribution in [1.29, 1.82) is 0 Å². The van der Waals surface area contributed by atoms with Crippen molar-refractivity contribution in [1.82, 2.24) is 0 Å². The van der Waals surface area contributed by atoms with Crippen LogP contribution >= 0.6 is 0 Å². The Kier molecular flexibility index (Phi) is 3.51. The molecule has 23 heavy (non-hydrogen) atoms. The lowest BCUT2D eigenvalue weighted by Crippen LogP contribution is -2.41. The van der Waals surface area contributed by atoms with E-state index in [1.807, 2.05) is 50.3 Å². The molecule has 4 heteroatoms. The van der Waals surface area contributed by atoms with Crippen molar-refractivity contribution < 1.29 is 9.53 Å². The number of esters is 1. The SMILES string of the molecule is CC1=C(C(=O)OC2C=Cc3ccccc32)C(C)(C(C)(C)C)N=N1. The summed E-state index contributed by atoms with van der Waals surface area (Å²) >= 11 is 0. The predicted molar refractivity (Wildman–Crippen MR) is 89.7 cm³/mol. The van der Waals surface area contributed by atoms with E-state index in [1.54, 1.807) is 0 Å². The molecule has 0 saturated carbocycles. The van der Waals surface area contributed by atoms with E-state index in [4.69, 9.17) is 4.74 Å². The summed E-state index contributed by atoms with van der Waals surface area (Å²) in [5, 5.41) is 8.54. The summed E-state index contributed by atoms with van der Waals surface area (Å²) in [5.41, 5.74) is 2.41. The molecule has 1 heterocycles. The summed E-state index contributed by atoms with van der Waals surface area (Å²) in [6.07, 6.45) is 3.56. The molecule has 2 atom stereocenters. The van der Waals surface area contributed by atoms with Crippen LogP contribution < -0.4 is 0 Å².